The second kappa shape index (κ2) is 6.16. The first-order valence-electron chi connectivity index (χ1n) is 7.53. The summed E-state index contributed by atoms with van der Waals surface area (Å²) in [5, 5.41) is 0. The summed E-state index contributed by atoms with van der Waals surface area (Å²) in [6.45, 7) is 9.00. The Morgan fingerprint density at radius 3 is 2.50 bits per heavy atom. The van der Waals surface area contributed by atoms with Crippen LogP contribution in [0, 0.1) is 11.8 Å². The monoisotopic (exact) mass is 252 g/mol. The van der Waals surface area contributed by atoms with Crippen molar-refractivity contribution in [1.82, 2.24) is 9.80 Å². The number of hydrogen-bond donors (Lipinski definition) is 0. The van der Waals surface area contributed by atoms with Gasteiger partial charge in [0.2, 0.25) is 0 Å². The van der Waals surface area contributed by atoms with Crippen LogP contribution >= 0.6 is 0 Å². The first-order chi connectivity index (χ1) is 8.58. The zero-order chi connectivity index (χ0) is 13.1. The minimum Gasteiger partial charge on any atom is -0.306 e. The van der Waals surface area contributed by atoms with Gasteiger partial charge in [-0.05, 0) is 58.8 Å². The number of carbonyl (C=O) groups excluding carboxylic acids is 1. The predicted octanol–water partition coefficient (Wildman–Crippen LogP) is 2.02. The Kier molecular flexibility index (Phi) is 4.79. The van der Waals surface area contributed by atoms with E-state index >= 15 is 0 Å². The van der Waals surface area contributed by atoms with Gasteiger partial charge in [-0.1, -0.05) is 6.92 Å². The summed E-state index contributed by atoms with van der Waals surface area (Å²) in [5.74, 6) is 1.59. The fourth-order valence-corrected chi connectivity index (χ4v) is 3.28. The maximum absolute atomic E-state index is 11.7. The standard InChI is InChI=1S/C15H28N2O/c1-12-13(2)17(11-7-15(12)18)10-6-14-4-8-16(3)9-5-14/h12-14H,4-11H2,1-3H3. The normalized spacial score (nSPS) is 32.9. The smallest absolute Gasteiger partial charge is 0.138 e. The molecule has 104 valence electrons. The van der Waals surface area contributed by atoms with Crippen LogP contribution in [0.3, 0.4) is 0 Å². The molecule has 3 nitrogen and oxygen atoms in total. The van der Waals surface area contributed by atoms with Crippen molar-refractivity contribution in [3.63, 3.8) is 0 Å². The molecule has 0 amide bonds. The fraction of sp³-hybridized carbons (Fsp3) is 0.933. The van der Waals surface area contributed by atoms with Crippen LogP contribution in [0.2, 0.25) is 0 Å². The Morgan fingerprint density at radius 1 is 1.17 bits per heavy atom. The van der Waals surface area contributed by atoms with E-state index < -0.39 is 0 Å². The number of ketones is 1. The highest BCUT2D eigenvalue weighted by molar-refractivity contribution is 5.82. The van der Waals surface area contributed by atoms with Crippen LogP contribution in [0.25, 0.3) is 0 Å². The maximum Gasteiger partial charge on any atom is 0.138 e. The van der Waals surface area contributed by atoms with Crippen LogP contribution in [-0.4, -0.2) is 54.9 Å². The third-order valence-corrected chi connectivity index (χ3v) is 5.12. The molecule has 2 heterocycles. The minimum atomic E-state index is 0.233. The van der Waals surface area contributed by atoms with Gasteiger partial charge in [0.25, 0.3) is 0 Å². The molecule has 0 aromatic heterocycles. The lowest BCUT2D eigenvalue weighted by Gasteiger charge is -2.38. The van der Waals surface area contributed by atoms with E-state index in [4.69, 9.17) is 0 Å². The van der Waals surface area contributed by atoms with Crippen molar-refractivity contribution in [2.45, 2.75) is 45.6 Å². The maximum atomic E-state index is 11.7. The van der Waals surface area contributed by atoms with Gasteiger partial charge < -0.3 is 4.90 Å². The average molecular weight is 252 g/mol. The fourth-order valence-electron chi connectivity index (χ4n) is 3.28. The predicted molar refractivity (Wildman–Crippen MR) is 74.7 cm³/mol. The van der Waals surface area contributed by atoms with Gasteiger partial charge >= 0.3 is 0 Å². The number of likely N-dealkylation sites (tertiary alicyclic amines) is 2. The molecule has 0 radical (unpaired) electrons. The minimum absolute atomic E-state index is 0.233. The lowest BCUT2D eigenvalue weighted by atomic mass is 9.89. The van der Waals surface area contributed by atoms with Crippen LogP contribution in [0.5, 0.6) is 0 Å². The molecule has 2 saturated heterocycles. The van der Waals surface area contributed by atoms with Crippen LogP contribution in [-0.2, 0) is 4.79 Å². The average Bonchev–Trinajstić information content (AvgIpc) is 2.37. The van der Waals surface area contributed by atoms with E-state index in [1.54, 1.807) is 0 Å². The van der Waals surface area contributed by atoms with E-state index in [0.29, 0.717) is 11.8 Å². The van der Waals surface area contributed by atoms with Crippen LogP contribution in [0.1, 0.15) is 39.5 Å². The number of rotatable bonds is 3. The van der Waals surface area contributed by atoms with Crippen molar-refractivity contribution < 1.29 is 4.79 Å². The summed E-state index contributed by atoms with van der Waals surface area (Å²) in [5.41, 5.74) is 0. The molecule has 3 heteroatoms. The first kappa shape index (κ1) is 14.0. The number of carbonyl (C=O) groups is 1. The van der Waals surface area contributed by atoms with E-state index in [1.807, 2.05) is 0 Å². The zero-order valence-electron chi connectivity index (χ0n) is 12.2. The van der Waals surface area contributed by atoms with Gasteiger partial charge in [-0.25, -0.2) is 0 Å². The quantitative estimate of drug-likeness (QED) is 0.768. The summed E-state index contributed by atoms with van der Waals surface area (Å²) in [6.07, 6.45) is 4.79. The topological polar surface area (TPSA) is 23.6 Å². The lowest BCUT2D eigenvalue weighted by molar-refractivity contribution is -0.127. The van der Waals surface area contributed by atoms with Gasteiger partial charge in [0, 0.05) is 24.9 Å². The summed E-state index contributed by atoms with van der Waals surface area (Å²) in [7, 11) is 2.22. The molecule has 2 aliphatic rings. The summed E-state index contributed by atoms with van der Waals surface area (Å²) in [4.78, 5) is 16.6. The van der Waals surface area contributed by atoms with E-state index in [0.717, 1.165) is 18.9 Å². The SMILES string of the molecule is CC1C(=O)CCN(CCC2CCN(C)CC2)C1C. The molecule has 2 unspecified atom stereocenters. The van der Waals surface area contributed by atoms with E-state index in [-0.39, 0.29) is 5.92 Å². The van der Waals surface area contributed by atoms with Crippen molar-refractivity contribution >= 4 is 5.78 Å². The van der Waals surface area contributed by atoms with Gasteiger partial charge in [0.15, 0.2) is 0 Å². The molecule has 0 saturated carbocycles. The van der Waals surface area contributed by atoms with E-state index in [9.17, 15) is 4.79 Å². The lowest BCUT2D eigenvalue weighted by Crippen LogP contribution is -2.47. The van der Waals surface area contributed by atoms with Crippen LogP contribution < -0.4 is 0 Å². The molecule has 2 rings (SSSR count). The molecule has 0 bridgehead atoms. The van der Waals surface area contributed by atoms with Crippen LogP contribution in [0.4, 0.5) is 0 Å². The Balaban J connectivity index is 1.75. The molecule has 0 aromatic rings. The third kappa shape index (κ3) is 3.33. The van der Waals surface area contributed by atoms with Crippen molar-refractivity contribution in [2.75, 3.05) is 33.2 Å². The second-order valence-electron chi connectivity index (χ2n) is 6.32. The Hall–Kier alpha value is -0.410. The van der Waals surface area contributed by atoms with E-state index in [1.165, 1.54) is 38.9 Å². The summed E-state index contributed by atoms with van der Waals surface area (Å²) >= 11 is 0. The molecule has 0 N–H and O–H groups in total. The number of piperidine rings is 2. The third-order valence-electron chi connectivity index (χ3n) is 5.12. The van der Waals surface area contributed by atoms with E-state index in [2.05, 4.69) is 30.7 Å². The van der Waals surface area contributed by atoms with Gasteiger partial charge in [0.1, 0.15) is 5.78 Å². The van der Waals surface area contributed by atoms with Crippen molar-refractivity contribution in [1.29, 1.82) is 0 Å². The van der Waals surface area contributed by atoms with Gasteiger partial charge in [-0.15, -0.1) is 0 Å². The molecular weight excluding hydrogens is 224 g/mol. The largest absolute Gasteiger partial charge is 0.306 e. The highest BCUT2D eigenvalue weighted by Gasteiger charge is 2.30. The van der Waals surface area contributed by atoms with Crippen LogP contribution in [0.15, 0.2) is 0 Å². The van der Waals surface area contributed by atoms with Crippen molar-refractivity contribution in [3.05, 3.63) is 0 Å². The van der Waals surface area contributed by atoms with Gasteiger partial charge in [-0.2, -0.15) is 0 Å². The molecule has 0 aliphatic carbocycles. The number of hydrogen-bond acceptors (Lipinski definition) is 3. The molecule has 0 aromatic carbocycles. The van der Waals surface area contributed by atoms with Gasteiger partial charge in [-0.3, -0.25) is 9.69 Å². The Morgan fingerprint density at radius 2 is 1.83 bits per heavy atom. The molecule has 2 atom stereocenters. The summed E-state index contributed by atoms with van der Waals surface area (Å²) < 4.78 is 0. The highest BCUT2D eigenvalue weighted by Crippen LogP contribution is 2.24. The second-order valence-corrected chi connectivity index (χ2v) is 6.32. The number of nitrogens with zero attached hydrogens (tertiary/aromatic N) is 2. The number of Topliss-reactive ketones (excluding diaryl/α,β-unsaturated/α-hetero) is 1. The molecule has 0 spiro atoms. The first-order valence-corrected chi connectivity index (χ1v) is 7.53. The molecule has 2 aliphatic heterocycles. The zero-order valence-corrected chi connectivity index (χ0v) is 12.2. The highest BCUT2D eigenvalue weighted by atomic mass is 16.1. The molecule has 2 fully saturated rings. The van der Waals surface area contributed by atoms with Crippen molar-refractivity contribution in [3.8, 4) is 0 Å². The molecule has 18 heavy (non-hydrogen) atoms. The Labute approximate surface area is 112 Å². The van der Waals surface area contributed by atoms with Gasteiger partial charge in [0.05, 0.1) is 0 Å². The summed E-state index contributed by atoms with van der Waals surface area (Å²) in [6, 6.07) is 0.442. The Bertz CT molecular complexity index is 284. The molecular formula is C15H28N2O. The van der Waals surface area contributed by atoms with Crippen molar-refractivity contribution in [2.24, 2.45) is 11.8 Å².